The number of hydrogen-bond donors (Lipinski definition) is 0. The summed E-state index contributed by atoms with van der Waals surface area (Å²) in [6.45, 7) is 5.54. The van der Waals surface area contributed by atoms with Gasteiger partial charge in [-0.15, -0.1) is 6.58 Å². The number of para-hydroxylation sites is 1. The van der Waals surface area contributed by atoms with Crippen LogP contribution in [-0.4, -0.2) is 24.1 Å². The number of furan rings is 1. The number of benzene rings is 1. The van der Waals surface area contributed by atoms with E-state index in [2.05, 4.69) is 11.5 Å². The third kappa shape index (κ3) is 2.42. The molecule has 1 aliphatic heterocycles. The van der Waals surface area contributed by atoms with Gasteiger partial charge >= 0.3 is 0 Å². The molecule has 3 heteroatoms. The number of likely N-dealkylation sites (tertiary alicyclic amines) is 1. The lowest BCUT2D eigenvalue weighted by molar-refractivity contribution is -0.0496. The first-order chi connectivity index (χ1) is 9.38. The van der Waals surface area contributed by atoms with Crippen molar-refractivity contribution in [1.29, 1.82) is 0 Å². The highest BCUT2D eigenvalue weighted by Crippen LogP contribution is 2.36. The van der Waals surface area contributed by atoms with Crippen LogP contribution in [0.15, 0.2) is 65.8 Å². The first kappa shape index (κ1) is 12.1. The Morgan fingerprint density at radius 3 is 2.79 bits per heavy atom. The molecule has 0 N–H and O–H groups in total. The van der Waals surface area contributed by atoms with Crippen LogP contribution < -0.4 is 4.74 Å². The molecule has 1 aliphatic rings. The molecule has 1 aromatic heterocycles. The topological polar surface area (TPSA) is 25.6 Å². The van der Waals surface area contributed by atoms with Crippen LogP contribution in [0.1, 0.15) is 11.8 Å². The van der Waals surface area contributed by atoms with Gasteiger partial charge in [0, 0.05) is 13.1 Å². The molecule has 98 valence electrons. The molecule has 0 unspecified atom stereocenters. The van der Waals surface area contributed by atoms with Gasteiger partial charge in [0.15, 0.2) is 0 Å². The van der Waals surface area contributed by atoms with E-state index >= 15 is 0 Å². The van der Waals surface area contributed by atoms with Crippen molar-refractivity contribution in [2.75, 3.05) is 13.1 Å². The molecule has 0 aliphatic carbocycles. The van der Waals surface area contributed by atoms with Gasteiger partial charge in [-0.05, 0) is 24.3 Å². The average molecular weight is 255 g/mol. The van der Waals surface area contributed by atoms with Gasteiger partial charge in [0.05, 0.1) is 6.26 Å². The fraction of sp³-hybridized carbons (Fsp3) is 0.250. The van der Waals surface area contributed by atoms with Gasteiger partial charge in [-0.2, -0.15) is 0 Å². The number of hydrogen-bond acceptors (Lipinski definition) is 3. The first-order valence-corrected chi connectivity index (χ1v) is 6.48. The van der Waals surface area contributed by atoms with Crippen LogP contribution in [0.5, 0.6) is 5.75 Å². The highest BCUT2D eigenvalue weighted by Gasteiger charge is 2.42. The third-order valence-electron chi connectivity index (χ3n) is 3.39. The standard InChI is InChI=1S/C16H17NO2/c1-2-10-17-12-15(16(17)14-9-6-11-18-14)19-13-7-4-3-5-8-13/h2-9,11,15-16H,1,10,12H2/t15-,16-/m0/s1. The van der Waals surface area contributed by atoms with E-state index in [0.717, 1.165) is 24.6 Å². The minimum absolute atomic E-state index is 0.133. The molecule has 3 nitrogen and oxygen atoms in total. The SMILES string of the molecule is C=CCN1C[C@H](Oc2ccccc2)[C@@H]1c1ccco1. The Hall–Kier alpha value is -2.00. The summed E-state index contributed by atoms with van der Waals surface area (Å²) in [7, 11) is 0. The summed E-state index contributed by atoms with van der Waals surface area (Å²) in [4.78, 5) is 2.29. The van der Waals surface area contributed by atoms with Crippen molar-refractivity contribution in [2.45, 2.75) is 12.1 Å². The molecular formula is C16H17NO2. The largest absolute Gasteiger partial charge is 0.487 e. The molecule has 3 rings (SSSR count). The molecule has 2 atom stereocenters. The Kier molecular flexibility index (Phi) is 3.38. The maximum atomic E-state index is 6.03. The third-order valence-corrected chi connectivity index (χ3v) is 3.39. The fourth-order valence-electron chi connectivity index (χ4n) is 2.49. The summed E-state index contributed by atoms with van der Waals surface area (Å²) >= 11 is 0. The molecule has 0 radical (unpaired) electrons. The van der Waals surface area contributed by atoms with Crippen molar-refractivity contribution < 1.29 is 9.15 Å². The Bertz CT molecular complexity index is 521. The highest BCUT2D eigenvalue weighted by molar-refractivity contribution is 5.23. The van der Waals surface area contributed by atoms with Crippen molar-refractivity contribution in [3.05, 3.63) is 67.1 Å². The van der Waals surface area contributed by atoms with Gasteiger partial charge in [0.25, 0.3) is 0 Å². The lowest BCUT2D eigenvalue weighted by Gasteiger charge is -2.45. The van der Waals surface area contributed by atoms with Gasteiger partial charge in [-0.25, -0.2) is 0 Å². The second-order valence-corrected chi connectivity index (χ2v) is 4.67. The lowest BCUT2D eigenvalue weighted by atomic mass is 9.96. The molecule has 0 spiro atoms. The number of ether oxygens (including phenoxy) is 1. The summed E-state index contributed by atoms with van der Waals surface area (Å²) in [6.07, 6.45) is 3.75. The molecular weight excluding hydrogens is 238 g/mol. The lowest BCUT2D eigenvalue weighted by Crippen LogP contribution is -2.56. The molecule has 19 heavy (non-hydrogen) atoms. The summed E-state index contributed by atoms with van der Waals surface area (Å²) in [5.74, 6) is 1.86. The summed E-state index contributed by atoms with van der Waals surface area (Å²) < 4.78 is 11.6. The van der Waals surface area contributed by atoms with Crippen molar-refractivity contribution >= 4 is 0 Å². The predicted octanol–water partition coefficient (Wildman–Crippen LogP) is 3.27. The molecule has 0 bridgehead atoms. The molecule has 0 saturated carbocycles. The summed E-state index contributed by atoms with van der Waals surface area (Å²) in [6, 6.07) is 14.0. The predicted molar refractivity (Wildman–Crippen MR) is 74.1 cm³/mol. The average Bonchev–Trinajstić information content (AvgIpc) is 2.92. The minimum Gasteiger partial charge on any atom is -0.487 e. The normalized spacial score (nSPS) is 22.7. The van der Waals surface area contributed by atoms with E-state index in [4.69, 9.17) is 9.15 Å². The monoisotopic (exact) mass is 255 g/mol. The Morgan fingerprint density at radius 1 is 1.26 bits per heavy atom. The molecule has 2 aromatic rings. The van der Waals surface area contributed by atoms with E-state index in [-0.39, 0.29) is 12.1 Å². The van der Waals surface area contributed by atoms with E-state index in [1.165, 1.54) is 0 Å². The van der Waals surface area contributed by atoms with E-state index in [1.54, 1.807) is 6.26 Å². The maximum Gasteiger partial charge on any atom is 0.134 e. The van der Waals surface area contributed by atoms with Crippen molar-refractivity contribution in [3.63, 3.8) is 0 Å². The van der Waals surface area contributed by atoms with Crippen LogP contribution >= 0.6 is 0 Å². The van der Waals surface area contributed by atoms with E-state index < -0.39 is 0 Å². The number of nitrogens with zero attached hydrogens (tertiary/aromatic N) is 1. The van der Waals surface area contributed by atoms with Gasteiger partial charge < -0.3 is 9.15 Å². The zero-order valence-corrected chi connectivity index (χ0v) is 10.7. The highest BCUT2D eigenvalue weighted by atomic mass is 16.5. The molecule has 1 aromatic carbocycles. The van der Waals surface area contributed by atoms with E-state index in [0.29, 0.717) is 0 Å². The Labute approximate surface area is 113 Å². The fourth-order valence-corrected chi connectivity index (χ4v) is 2.49. The maximum absolute atomic E-state index is 6.03. The van der Waals surface area contributed by atoms with Crippen LogP contribution in [0, 0.1) is 0 Å². The quantitative estimate of drug-likeness (QED) is 0.767. The van der Waals surface area contributed by atoms with Crippen LogP contribution in [-0.2, 0) is 0 Å². The van der Waals surface area contributed by atoms with Crippen LogP contribution in [0.25, 0.3) is 0 Å². The van der Waals surface area contributed by atoms with E-state index in [1.807, 2.05) is 48.5 Å². The van der Waals surface area contributed by atoms with Crippen LogP contribution in [0.2, 0.25) is 0 Å². The summed E-state index contributed by atoms with van der Waals surface area (Å²) in [5, 5.41) is 0. The molecule has 1 saturated heterocycles. The van der Waals surface area contributed by atoms with Crippen LogP contribution in [0.3, 0.4) is 0 Å². The zero-order valence-electron chi connectivity index (χ0n) is 10.7. The van der Waals surface area contributed by atoms with Gasteiger partial charge in [-0.1, -0.05) is 24.3 Å². The van der Waals surface area contributed by atoms with Gasteiger partial charge in [-0.3, -0.25) is 4.90 Å². The van der Waals surface area contributed by atoms with Crippen molar-refractivity contribution in [2.24, 2.45) is 0 Å². The Balaban J connectivity index is 1.74. The molecule has 2 heterocycles. The van der Waals surface area contributed by atoms with Gasteiger partial charge in [0.2, 0.25) is 0 Å². The minimum atomic E-state index is 0.133. The first-order valence-electron chi connectivity index (χ1n) is 6.48. The van der Waals surface area contributed by atoms with Gasteiger partial charge in [0.1, 0.15) is 23.7 Å². The zero-order chi connectivity index (χ0) is 13.1. The van der Waals surface area contributed by atoms with Crippen molar-refractivity contribution in [3.8, 4) is 5.75 Å². The van der Waals surface area contributed by atoms with E-state index in [9.17, 15) is 0 Å². The second-order valence-electron chi connectivity index (χ2n) is 4.67. The molecule has 0 amide bonds. The molecule has 1 fully saturated rings. The van der Waals surface area contributed by atoms with Crippen molar-refractivity contribution in [1.82, 2.24) is 4.90 Å². The number of rotatable bonds is 5. The second kappa shape index (κ2) is 5.33. The Morgan fingerprint density at radius 2 is 2.11 bits per heavy atom. The smallest absolute Gasteiger partial charge is 0.134 e. The summed E-state index contributed by atoms with van der Waals surface area (Å²) in [5.41, 5.74) is 0. The van der Waals surface area contributed by atoms with Crippen LogP contribution in [0.4, 0.5) is 0 Å².